The topological polar surface area (TPSA) is 15.3 Å². The van der Waals surface area contributed by atoms with E-state index in [9.17, 15) is 0 Å². The van der Waals surface area contributed by atoms with Crippen LogP contribution in [0.15, 0.2) is 24.3 Å². The second kappa shape index (κ2) is 5.85. The average molecular weight is 253 g/mol. The van der Waals surface area contributed by atoms with E-state index in [1.807, 2.05) is 12.1 Å². The zero-order valence-corrected chi connectivity index (χ0v) is 11.4. The number of piperidine rings is 1. The van der Waals surface area contributed by atoms with Crippen molar-refractivity contribution in [2.75, 3.05) is 27.2 Å². The lowest BCUT2D eigenvalue weighted by Gasteiger charge is -2.34. The Balaban J connectivity index is 2.08. The van der Waals surface area contributed by atoms with Crippen molar-refractivity contribution in [2.24, 2.45) is 5.92 Å². The molecule has 1 heterocycles. The minimum Gasteiger partial charge on any atom is -0.313 e. The van der Waals surface area contributed by atoms with Gasteiger partial charge in [0.2, 0.25) is 0 Å². The standard InChI is InChI=1S/C14H21ClN2/c1-16-14(11-3-5-13(15)6-4-11)12-7-9-17(2)10-8-12/h3-6,12,14,16H,7-10H2,1-2H3. The molecule has 1 unspecified atom stereocenters. The van der Waals surface area contributed by atoms with Gasteiger partial charge >= 0.3 is 0 Å². The highest BCUT2D eigenvalue weighted by atomic mass is 35.5. The molecule has 0 spiro atoms. The first-order valence-corrected chi connectivity index (χ1v) is 6.70. The van der Waals surface area contributed by atoms with Crippen LogP contribution >= 0.6 is 11.6 Å². The normalized spacial score (nSPS) is 20.4. The van der Waals surface area contributed by atoms with Crippen molar-refractivity contribution in [1.29, 1.82) is 0 Å². The highest BCUT2D eigenvalue weighted by molar-refractivity contribution is 6.30. The van der Waals surface area contributed by atoms with E-state index < -0.39 is 0 Å². The molecule has 94 valence electrons. The summed E-state index contributed by atoms with van der Waals surface area (Å²) in [5.74, 6) is 0.734. The highest BCUT2D eigenvalue weighted by Crippen LogP contribution is 2.30. The molecule has 2 rings (SSSR count). The first kappa shape index (κ1) is 12.9. The minimum absolute atomic E-state index is 0.459. The molecule has 1 aliphatic heterocycles. The number of rotatable bonds is 3. The van der Waals surface area contributed by atoms with E-state index in [1.54, 1.807) is 0 Å². The van der Waals surface area contributed by atoms with Gasteiger partial charge in [-0.25, -0.2) is 0 Å². The summed E-state index contributed by atoms with van der Waals surface area (Å²) in [7, 11) is 4.25. The van der Waals surface area contributed by atoms with Gasteiger partial charge in [-0.1, -0.05) is 23.7 Å². The molecule has 0 amide bonds. The van der Waals surface area contributed by atoms with E-state index in [0.29, 0.717) is 6.04 Å². The van der Waals surface area contributed by atoms with Crippen molar-refractivity contribution in [1.82, 2.24) is 10.2 Å². The summed E-state index contributed by atoms with van der Waals surface area (Å²) in [5.41, 5.74) is 1.35. The van der Waals surface area contributed by atoms with Crippen LogP contribution in [0.5, 0.6) is 0 Å². The van der Waals surface area contributed by atoms with E-state index in [2.05, 4.69) is 36.4 Å². The quantitative estimate of drug-likeness (QED) is 0.890. The summed E-state index contributed by atoms with van der Waals surface area (Å²) in [6.07, 6.45) is 2.54. The Labute approximate surface area is 109 Å². The molecule has 3 heteroatoms. The van der Waals surface area contributed by atoms with Crippen LogP contribution in [0.4, 0.5) is 0 Å². The molecule has 0 aliphatic carbocycles. The summed E-state index contributed by atoms with van der Waals surface area (Å²) in [6.45, 7) is 2.41. The third-order valence-electron chi connectivity index (χ3n) is 3.77. The minimum atomic E-state index is 0.459. The molecular formula is C14H21ClN2. The van der Waals surface area contributed by atoms with E-state index in [0.717, 1.165) is 10.9 Å². The molecule has 1 atom stereocenters. The lowest BCUT2D eigenvalue weighted by atomic mass is 9.85. The van der Waals surface area contributed by atoms with E-state index in [1.165, 1.54) is 31.5 Å². The zero-order chi connectivity index (χ0) is 12.3. The molecule has 2 nitrogen and oxygen atoms in total. The van der Waals surface area contributed by atoms with Crippen LogP contribution in [0, 0.1) is 5.92 Å². The van der Waals surface area contributed by atoms with Crippen molar-refractivity contribution in [2.45, 2.75) is 18.9 Å². The predicted octanol–water partition coefficient (Wildman–Crippen LogP) is 2.94. The Morgan fingerprint density at radius 2 is 1.82 bits per heavy atom. The number of hydrogen-bond acceptors (Lipinski definition) is 2. The summed E-state index contributed by atoms with van der Waals surface area (Å²) in [6, 6.07) is 8.71. The molecule has 0 aromatic heterocycles. The molecule has 0 radical (unpaired) electrons. The van der Waals surface area contributed by atoms with Gasteiger partial charge in [0, 0.05) is 11.1 Å². The van der Waals surface area contributed by atoms with Crippen molar-refractivity contribution in [3.8, 4) is 0 Å². The summed E-state index contributed by atoms with van der Waals surface area (Å²) in [5, 5.41) is 4.27. The summed E-state index contributed by atoms with van der Waals surface area (Å²) >= 11 is 5.94. The Morgan fingerprint density at radius 1 is 1.24 bits per heavy atom. The molecule has 1 N–H and O–H groups in total. The Kier molecular flexibility index (Phi) is 4.43. The maximum atomic E-state index is 5.94. The maximum absolute atomic E-state index is 5.94. The number of benzene rings is 1. The Hall–Kier alpha value is -0.570. The fourth-order valence-corrected chi connectivity index (χ4v) is 2.83. The number of halogens is 1. The molecule has 1 aromatic carbocycles. The Bertz CT molecular complexity index is 342. The van der Waals surface area contributed by atoms with E-state index >= 15 is 0 Å². The molecule has 1 aliphatic rings. The molecule has 1 aromatic rings. The monoisotopic (exact) mass is 252 g/mol. The van der Waals surface area contributed by atoms with Crippen molar-refractivity contribution in [3.63, 3.8) is 0 Å². The van der Waals surface area contributed by atoms with Gasteiger partial charge in [0.15, 0.2) is 0 Å². The average Bonchev–Trinajstić information content (AvgIpc) is 2.35. The number of hydrogen-bond donors (Lipinski definition) is 1. The SMILES string of the molecule is CNC(c1ccc(Cl)cc1)C1CCN(C)CC1. The fourth-order valence-electron chi connectivity index (χ4n) is 2.71. The van der Waals surface area contributed by atoms with Gasteiger partial charge in [0.25, 0.3) is 0 Å². The summed E-state index contributed by atoms with van der Waals surface area (Å²) in [4.78, 5) is 2.41. The van der Waals surface area contributed by atoms with Crippen LogP contribution in [0.3, 0.4) is 0 Å². The van der Waals surface area contributed by atoms with Crippen LogP contribution in [0.25, 0.3) is 0 Å². The second-order valence-electron chi connectivity index (χ2n) is 4.96. The number of likely N-dealkylation sites (tertiary alicyclic amines) is 1. The van der Waals surface area contributed by atoms with Gasteiger partial charge in [-0.3, -0.25) is 0 Å². The lowest BCUT2D eigenvalue weighted by Crippen LogP contribution is -2.36. The van der Waals surface area contributed by atoms with E-state index in [-0.39, 0.29) is 0 Å². The van der Waals surface area contributed by atoms with Crippen molar-refractivity contribution >= 4 is 11.6 Å². The Morgan fingerprint density at radius 3 is 2.35 bits per heavy atom. The molecule has 1 saturated heterocycles. The second-order valence-corrected chi connectivity index (χ2v) is 5.40. The maximum Gasteiger partial charge on any atom is 0.0406 e. The van der Waals surface area contributed by atoms with E-state index in [4.69, 9.17) is 11.6 Å². The van der Waals surface area contributed by atoms with Gasteiger partial charge in [0.05, 0.1) is 0 Å². The van der Waals surface area contributed by atoms with Gasteiger partial charge in [-0.05, 0) is 63.6 Å². The number of nitrogens with one attached hydrogen (secondary N) is 1. The number of nitrogens with zero attached hydrogens (tertiary/aromatic N) is 1. The van der Waals surface area contributed by atoms with Crippen LogP contribution in [0.2, 0.25) is 5.02 Å². The third-order valence-corrected chi connectivity index (χ3v) is 4.03. The molecule has 1 fully saturated rings. The zero-order valence-electron chi connectivity index (χ0n) is 10.6. The van der Waals surface area contributed by atoms with Gasteiger partial charge in [-0.2, -0.15) is 0 Å². The summed E-state index contributed by atoms with van der Waals surface area (Å²) < 4.78 is 0. The molecule has 0 saturated carbocycles. The van der Waals surface area contributed by atoms with Gasteiger partial charge in [-0.15, -0.1) is 0 Å². The molecule has 0 bridgehead atoms. The highest BCUT2D eigenvalue weighted by Gasteiger charge is 2.25. The van der Waals surface area contributed by atoms with Gasteiger partial charge < -0.3 is 10.2 Å². The van der Waals surface area contributed by atoms with Crippen LogP contribution in [0.1, 0.15) is 24.4 Å². The lowest BCUT2D eigenvalue weighted by molar-refractivity contribution is 0.188. The first-order chi connectivity index (χ1) is 8.20. The molecular weight excluding hydrogens is 232 g/mol. The van der Waals surface area contributed by atoms with Crippen molar-refractivity contribution < 1.29 is 0 Å². The van der Waals surface area contributed by atoms with Crippen LogP contribution in [-0.2, 0) is 0 Å². The van der Waals surface area contributed by atoms with Crippen molar-refractivity contribution in [3.05, 3.63) is 34.9 Å². The predicted molar refractivity (Wildman–Crippen MR) is 73.5 cm³/mol. The van der Waals surface area contributed by atoms with Crippen LogP contribution < -0.4 is 5.32 Å². The first-order valence-electron chi connectivity index (χ1n) is 6.32. The fraction of sp³-hybridized carbons (Fsp3) is 0.571. The van der Waals surface area contributed by atoms with Gasteiger partial charge in [0.1, 0.15) is 0 Å². The van der Waals surface area contributed by atoms with Crippen LogP contribution in [-0.4, -0.2) is 32.1 Å². The smallest absolute Gasteiger partial charge is 0.0406 e. The molecule has 17 heavy (non-hydrogen) atoms. The largest absolute Gasteiger partial charge is 0.313 e. The third kappa shape index (κ3) is 3.21.